The van der Waals surface area contributed by atoms with E-state index in [1.807, 2.05) is 24.3 Å². The number of nitrogens with zero attached hydrogens (tertiary/aromatic N) is 1. The van der Waals surface area contributed by atoms with Gasteiger partial charge in [-0.05, 0) is 65.1 Å². The smallest absolute Gasteiger partial charge is 0.405 e. The standard InChI is InChI=1S/C29H28ClF3N2O3/c1-28(2,3)19-13-18(12-17-8-10-20(30)11-9-17)26-22(14-19)25(21-6-4-5-7-23(21)35-26)27(37)38-15-24(36)34-16-29(31,32)33/h4-12,19H,13-16H2,1-3H3,(H,34,36)/b18-12+/t19-/m1/s1. The zero-order valence-electron chi connectivity index (χ0n) is 21.3. The van der Waals surface area contributed by atoms with Gasteiger partial charge < -0.3 is 10.1 Å². The number of esters is 1. The number of carbonyl (C=O) groups is 2. The SMILES string of the molecule is CC(C)(C)[C@@H]1C/C(=C\c2ccc(Cl)cc2)c2nc3ccccc3c(C(=O)OCC(=O)NCC(F)(F)F)c2C1. The molecule has 0 aliphatic heterocycles. The molecule has 1 atom stereocenters. The third-order valence-electron chi connectivity index (χ3n) is 6.67. The van der Waals surface area contributed by atoms with Gasteiger partial charge in [-0.15, -0.1) is 0 Å². The van der Waals surface area contributed by atoms with E-state index >= 15 is 0 Å². The minimum atomic E-state index is -4.56. The third kappa shape index (κ3) is 6.54. The first kappa shape index (κ1) is 27.6. The maximum Gasteiger partial charge on any atom is 0.405 e. The Kier molecular flexibility index (Phi) is 7.83. The summed E-state index contributed by atoms with van der Waals surface area (Å²) < 4.78 is 42.6. The number of fused-ring (bicyclic) bond motifs is 2. The minimum absolute atomic E-state index is 0.0962. The van der Waals surface area contributed by atoms with Gasteiger partial charge in [-0.3, -0.25) is 4.79 Å². The highest BCUT2D eigenvalue weighted by Gasteiger charge is 2.35. The van der Waals surface area contributed by atoms with Crippen molar-refractivity contribution in [2.24, 2.45) is 11.3 Å². The fourth-order valence-corrected chi connectivity index (χ4v) is 4.71. The van der Waals surface area contributed by atoms with Gasteiger partial charge in [-0.2, -0.15) is 13.2 Å². The van der Waals surface area contributed by atoms with E-state index < -0.39 is 31.2 Å². The highest BCUT2D eigenvalue weighted by Crippen LogP contribution is 2.44. The molecule has 5 nitrogen and oxygen atoms in total. The summed E-state index contributed by atoms with van der Waals surface area (Å²) in [5, 5.41) is 2.91. The highest BCUT2D eigenvalue weighted by atomic mass is 35.5. The molecule has 1 aromatic heterocycles. The number of alkyl halides is 3. The van der Waals surface area contributed by atoms with Gasteiger partial charge in [-0.25, -0.2) is 9.78 Å². The molecule has 1 N–H and O–H groups in total. The number of halogens is 4. The zero-order chi connectivity index (χ0) is 27.7. The van der Waals surface area contributed by atoms with E-state index in [9.17, 15) is 22.8 Å². The minimum Gasteiger partial charge on any atom is -0.452 e. The van der Waals surface area contributed by atoms with E-state index in [-0.39, 0.29) is 16.9 Å². The van der Waals surface area contributed by atoms with Crippen molar-refractivity contribution >= 4 is 46.0 Å². The fraction of sp³-hybridized carbons (Fsp3) is 0.345. The quantitative estimate of drug-likeness (QED) is 0.356. The predicted molar refractivity (Wildman–Crippen MR) is 142 cm³/mol. The molecule has 9 heteroatoms. The molecular formula is C29H28ClF3N2O3. The lowest BCUT2D eigenvalue weighted by molar-refractivity contribution is -0.140. The van der Waals surface area contributed by atoms with Gasteiger partial charge >= 0.3 is 12.1 Å². The molecule has 0 fully saturated rings. The van der Waals surface area contributed by atoms with Crippen molar-refractivity contribution in [1.82, 2.24) is 10.3 Å². The number of allylic oxidation sites excluding steroid dienone is 1. The maximum atomic E-state index is 13.4. The molecule has 2 aromatic carbocycles. The number of para-hydroxylation sites is 1. The summed E-state index contributed by atoms with van der Waals surface area (Å²) in [5.41, 5.74) is 4.03. The molecule has 1 aliphatic rings. The van der Waals surface area contributed by atoms with Crippen molar-refractivity contribution in [3.63, 3.8) is 0 Å². The number of hydrogen-bond donors (Lipinski definition) is 1. The van der Waals surface area contributed by atoms with Gasteiger partial charge in [-0.1, -0.05) is 62.7 Å². The maximum absolute atomic E-state index is 13.4. The number of ether oxygens (including phenoxy) is 1. The highest BCUT2D eigenvalue weighted by molar-refractivity contribution is 6.30. The van der Waals surface area contributed by atoms with E-state index in [1.165, 1.54) is 0 Å². The summed E-state index contributed by atoms with van der Waals surface area (Å²) in [7, 11) is 0. The third-order valence-corrected chi connectivity index (χ3v) is 6.93. The second kappa shape index (κ2) is 10.8. The van der Waals surface area contributed by atoms with E-state index in [0.29, 0.717) is 33.6 Å². The molecule has 200 valence electrons. The summed E-state index contributed by atoms with van der Waals surface area (Å²) in [5.74, 6) is -1.64. The molecule has 0 bridgehead atoms. The Morgan fingerprint density at radius 2 is 1.76 bits per heavy atom. The molecule has 0 saturated carbocycles. The molecule has 0 unspecified atom stereocenters. The van der Waals surface area contributed by atoms with E-state index in [4.69, 9.17) is 21.3 Å². The van der Waals surface area contributed by atoms with Crippen molar-refractivity contribution in [2.75, 3.05) is 13.2 Å². The van der Waals surface area contributed by atoms with Gasteiger partial charge in [0.05, 0.1) is 16.8 Å². The van der Waals surface area contributed by atoms with Crippen molar-refractivity contribution in [3.8, 4) is 0 Å². The number of benzene rings is 2. The molecule has 4 rings (SSSR count). The number of amides is 1. The van der Waals surface area contributed by atoms with Gasteiger partial charge in [0.25, 0.3) is 5.91 Å². The molecular weight excluding hydrogens is 517 g/mol. The lowest BCUT2D eigenvalue weighted by atomic mass is 9.69. The number of aromatic nitrogens is 1. The van der Waals surface area contributed by atoms with Crippen LogP contribution in [0.5, 0.6) is 0 Å². The Hall–Kier alpha value is -3.39. The summed E-state index contributed by atoms with van der Waals surface area (Å²) in [6.45, 7) is 4.10. The van der Waals surface area contributed by atoms with Gasteiger partial charge in [0, 0.05) is 10.4 Å². The van der Waals surface area contributed by atoms with Crippen molar-refractivity contribution in [1.29, 1.82) is 0 Å². The van der Waals surface area contributed by atoms with Crippen LogP contribution in [0.15, 0.2) is 48.5 Å². The first-order valence-electron chi connectivity index (χ1n) is 12.2. The molecule has 1 amide bonds. The fourth-order valence-electron chi connectivity index (χ4n) is 4.58. The average molecular weight is 545 g/mol. The molecule has 0 spiro atoms. The van der Waals surface area contributed by atoms with Crippen LogP contribution < -0.4 is 5.32 Å². The monoisotopic (exact) mass is 544 g/mol. The van der Waals surface area contributed by atoms with E-state index in [0.717, 1.165) is 17.6 Å². The molecule has 38 heavy (non-hydrogen) atoms. The van der Waals surface area contributed by atoms with Crippen LogP contribution in [-0.2, 0) is 16.0 Å². The molecule has 0 saturated heterocycles. The van der Waals surface area contributed by atoms with Crippen LogP contribution in [0, 0.1) is 11.3 Å². The molecule has 1 aliphatic carbocycles. The topological polar surface area (TPSA) is 68.3 Å². The van der Waals surface area contributed by atoms with Crippen LogP contribution in [0.1, 0.15) is 54.4 Å². The van der Waals surface area contributed by atoms with Crippen molar-refractivity contribution < 1.29 is 27.5 Å². The van der Waals surface area contributed by atoms with Gasteiger partial charge in [0.1, 0.15) is 6.54 Å². The lowest BCUT2D eigenvalue weighted by Crippen LogP contribution is -2.36. The first-order chi connectivity index (χ1) is 17.8. The summed E-state index contributed by atoms with van der Waals surface area (Å²) in [6.07, 6.45) is -1.23. The van der Waals surface area contributed by atoms with Crippen molar-refractivity contribution in [3.05, 3.63) is 75.9 Å². The second-order valence-electron chi connectivity index (χ2n) is 10.5. The molecule has 0 radical (unpaired) electrons. The average Bonchev–Trinajstić information content (AvgIpc) is 2.85. The van der Waals surface area contributed by atoms with Crippen LogP contribution in [0.2, 0.25) is 5.02 Å². The van der Waals surface area contributed by atoms with Crippen LogP contribution >= 0.6 is 11.6 Å². The van der Waals surface area contributed by atoms with E-state index in [1.54, 1.807) is 35.6 Å². The van der Waals surface area contributed by atoms with Gasteiger partial charge in [0.15, 0.2) is 6.61 Å². The molecule has 3 aromatic rings. The predicted octanol–water partition coefficient (Wildman–Crippen LogP) is 6.87. The number of carbonyl (C=O) groups excluding carboxylic acids is 2. The Balaban J connectivity index is 1.78. The van der Waals surface area contributed by atoms with Crippen LogP contribution in [-0.4, -0.2) is 36.2 Å². The van der Waals surface area contributed by atoms with Crippen LogP contribution in [0.3, 0.4) is 0 Å². The Labute approximate surface area is 224 Å². The number of hydrogen-bond acceptors (Lipinski definition) is 4. The van der Waals surface area contributed by atoms with Crippen LogP contribution in [0.25, 0.3) is 22.6 Å². The number of rotatable bonds is 5. The summed E-state index contributed by atoms with van der Waals surface area (Å²) >= 11 is 6.06. The Morgan fingerprint density at radius 3 is 2.42 bits per heavy atom. The lowest BCUT2D eigenvalue weighted by Gasteiger charge is -2.36. The summed E-state index contributed by atoms with van der Waals surface area (Å²) in [6, 6.07) is 14.6. The Morgan fingerprint density at radius 1 is 1.08 bits per heavy atom. The second-order valence-corrected chi connectivity index (χ2v) is 10.9. The zero-order valence-corrected chi connectivity index (χ0v) is 22.0. The first-order valence-corrected chi connectivity index (χ1v) is 12.6. The van der Waals surface area contributed by atoms with Crippen LogP contribution in [0.4, 0.5) is 13.2 Å². The van der Waals surface area contributed by atoms with Crippen molar-refractivity contribution in [2.45, 2.75) is 39.8 Å². The number of pyridine rings is 1. The molecule has 1 heterocycles. The summed E-state index contributed by atoms with van der Waals surface area (Å²) in [4.78, 5) is 30.2. The number of nitrogens with one attached hydrogen (secondary N) is 1. The van der Waals surface area contributed by atoms with Gasteiger partial charge in [0.2, 0.25) is 0 Å². The Bertz CT molecular complexity index is 1390. The van der Waals surface area contributed by atoms with E-state index in [2.05, 4.69) is 20.8 Å². The normalized spacial score (nSPS) is 16.8. The largest absolute Gasteiger partial charge is 0.452 e.